The molecule has 0 saturated carbocycles. The van der Waals surface area contributed by atoms with Crippen molar-refractivity contribution >= 4 is 49.1 Å². The van der Waals surface area contributed by atoms with Crippen molar-refractivity contribution in [2.24, 2.45) is 0 Å². The van der Waals surface area contributed by atoms with Crippen LogP contribution in [0.25, 0.3) is 0 Å². The molecule has 0 fully saturated rings. The highest BCUT2D eigenvalue weighted by Gasteiger charge is 2.09. The van der Waals surface area contributed by atoms with E-state index in [0.717, 1.165) is 21.1 Å². The van der Waals surface area contributed by atoms with Crippen LogP contribution < -0.4 is 5.32 Å². The van der Waals surface area contributed by atoms with E-state index < -0.39 is 0 Å². The number of rotatable bonds is 4. The summed E-state index contributed by atoms with van der Waals surface area (Å²) in [5.74, 6) is -0.0848. The van der Waals surface area contributed by atoms with Gasteiger partial charge >= 0.3 is 0 Å². The number of aromatic nitrogens is 1. The lowest BCUT2D eigenvalue weighted by Crippen LogP contribution is -2.26. The van der Waals surface area contributed by atoms with E-state index in [0.29, 0.717) is 12.1 Å². The Bertz CT molecular complexity index is 543. The number of benzene rings is 1. The fourth-order valence-electron chi connectivity index (χ4n) is 1.43. The van der Waals surface area contributed by atoms with Gasteiger partial charge in [-0.1, -0.05) is 15.9 Å². The van der Waals surface area contributed by atoms with Crippen molar-refractivity contribution in [3.05, 3.63) is 49.3 Å². The Balaban J connectivity index is 1.93. The SMILES string of the molecule is O=C(NCCc1cscn1)c1cc(Br)ccc1Br. The first kappa shape index (κ1) is 13.7. The minimum absolute atomic E-state index is 0.0848. The summed E-state index contributed by atoms with van der Waals surface area (Å²) in [6, 6.07) is 5.53. The predicted molar refractivity (Wildman–Crippen MR) is 80.0 cm³/mol. The van der Waals surface area contributed by atoms with Crippen LogP contribution in [-0.2, 0) is 6.42 Å². The van der Waals surface area contributed by atoms with Crippen LogP contribution in [0.15, 0.2) is 38.0 Å². The molecular formula is C12H10Br2N2OS. The summed E-state index contributed by atoms with van der Waals surface area (Å²) in [4.78, 5) is 16.1. The number of nitrogens with one attached hydrogen (secondary N) is 1. The van der Waals surface area contributed by atoms with E-state index in [9.17, 15) is 4.79 Å². The van der Waals surface area contributed by atoms with Crippen LogP contribution in [0.2, 0.25) is 0 Å². The molecule has 0 radical (unpaired) electrons. The minimum Gasteiger partial charge on any atom is -0.352 e. The Morgan fingerprint density at radius 3 is 2.94 bits per heavy atom. The molecule has 18 heavy (non-hydrogen) atoms. The summed E-state index contributed by atoms with van der Waals surface area (Å²) in [5, 5.41) is 4.87. The van der Waals surface area contributed by atoms with E-state index in [4.69, 9.17) is 0 Å². The summed E-state index contributed by atoms with van der Waals surface area (Å²) in [6.45, 7) is 0.585. The molecule has 1 N–H and O–H groups in total. The molecule has 0 unspecified atom stereocenters. The molecule has 0 aliphatic heterocycles. The third-order valence-corrected chi connectivity index (χ3v) is 4.14. The molecule has 0 aliphatic rings. The Hall–Kier alpha value is -0.720. The molecule has 3 nitrogen and oxygen atoms in total. The largest absolute Gasteiger partial charge is 0.352 e. The van der Waals surface area contributed by atoms with Gasteiger partial charge in [-0.2, -0.15) is 0 Å². The number of hydrogen-bond donors (Lipinski definition) is 1. The normalized spacial score (nSPS) is 10.3. The summed E-state index contributed by atoms with van der Waals surface area (Å²) >= 11 is 8.29. The van der Waals surface area contributed by atoms with Gasteiger partial charge in [0.1, 0.15) is 0 Å². The second-order valence-corrected chi connectivity index (χ2v) is 6.10. The number of carbonyl (C=O) groups is 1. The Morgan fingerprint density at radius 2 is 2.22 bits per heavy atom. The number of hydrogen-bond acceptors (Lipinski definition) is 3. The van der Waals surface area contributed by atoms with Gasteiger partial charge in [0.2, 0.25) is 0 Å². The van der Waals surface area contributed by atoms with E-state index in [1.165, 1.54) is 0 Å². The summed E-state index contributed by atoms with van der Waals surface area (Å²) in [6.07, 6.45) is 0.751. The van der Waals surface area contributed by atoms with Gasteiger partial charge in [-0.05, 0) is 34.1 Å². The van der Waals surface area contributed by atoms with E-state index in [-0.39, 0.29) is 5.91 Å². The zero-order chi connectivity index (χ0) is 13.0. The van der Waals surface area contributed by atoms with Crippen molar-refractivity contribution in [3.8, 4) is 0 Å². The van der Waals surface area contributed by atoms with Gasteiger partial charge in [0.15, 0.2) is 0 Å². The molecule has 1 aromatic heterocycles. The number of thiazole rings is 1. The second-order valence-electron chi connectivity index (χ2n) is 3.61. The average Bonchev–Trinajstić information content (AvgIpc) is 2.85. The van der Waals surface area contributed by atoms with Crippen molar-refractivity contribution in [1.82, 2.24) is 10.3 Å². The maximum absolute atomic E-state index is 12.0. The molecule has 1 heterocycles. The molecule has 94 valence electrons. The number of halogens is 2. The van der Waals surface area contributed by atoms with Crippen LogP contribution in [0.3, 0.4) is 0 Å². The summed E-state index contributed by atoms with van der Waals surface area (Å²) in [5.41, 5.74) is 3.43. The monoisotopic (exact) mass is 388 g/mol. The molecule has 2 rings (SSSR count). The number of carbonyl (C=O) groups excluding carboxylic acids is 1. The Kier molecular flexibility index (Phi) is 4.91. The first-order valence-corrected chi connectivity index (χ1v) is 7.80. The fourth-order valence-corrected chi connectivity index (χ4v) is 2.81. The van der Waals surface area contributed by atoms with E-state index in [1.54, 1.807) is 22.9 Å². The van der Waals surface area contributed by atoms with Crippen LogP contribution in [-0.4, -0.2) is 17.4 Å². The second kappa shape index (κ2) is 6.45. The van der Waals surface area contributed by atoms with Gasteiger partial charge in [-0.3, -0.25) is 4.79 Å². The lowest BCUT2D eigenvalue weighted by molar-refractivity contribution is 0.0953. The highest BCUT2D eigenvalue weighted by atomic mass is 79.9. The van der Waals surface area contributed by atoms with Crippen molar-refractivity contribution in [3.63, 3.8) is 0 Å². The fraction of sp³-hybridized carbons (Fsp3) is 0.167. The molecule has 6 heteroatoms. The highest BCUT2D eigenvalue weighted by molar-refractivity contribution is 9.11. The lowest BCUT2D eigenvalue weighted by Gasteiger charge is -2.06. The first-order chi connectivity index (χ1) is 8.66. The van der Waals surface area contributed by atoms with Gasteiger partial charge in [0.25, 0.3) is 5.91 Å². The maximum atomic E-state index is 12.0. The minimum atomic E-state index is -0.0848. The Labute approximate surface area is 126 Å². The summed E-state index contributed by atoms with van der Waals surface area (Å²) in [7, 11) is 0. The summed E-state index contributed by atoms with van der Waals surface area (Å²) < 4.78 is 1.67. The lowest BCUT2D eigenvalue weighted by atomic mass is 10.2. The van der Waals surface area contributed by atoms with Crippen LogP contribution in [0, 0.1) is 0 Å². The van der Waals surface area contributed by atoms with Gasteiger partial charge in [0.05, 0.1) is 16.8 Å². The molecular weight excluding hydrogens is 380 g/mol. The third-order valence-electron chi connectivity index (χ3n) is 2.32. The first-order valence-electron chi connectivity index (χ1n) is 5.27. The van der Waals surface area contributed by atoms with Crippen molar-refractivity contribution < 1.29 is 4.79 Å². The van der Waals surface area contributed by atoms with Gasteiger partial charge < -0.3 is 5.32 Å². The van der Waals surface area contributed by atoms with Crippen molar-refractivity contribution in [1.29, 1.82) is 0 Å². The smallest absolute Gasteiger partial charge is 0.252 e. The highest BCUT2D eigenvalue weighted by Crippen LogP contribution is 2.21. The van der Waals surface area contributed by atoms with Gasteiger partial charge in [-0.25, -0.2) is 4.98 Å². The molecule has 0 spiro atoms. The number of nitrogens with zero attached hydrogens (tertiary/aromatic N) is 1. The van der Waals surface area contributed by atoms with E-state index >= 15 is 0 Å². The number of amides is 1. The maximum Gasteiger partial charge on any atom is 0.252 e. The molecule has 1 aromatic carbocycles. The topological polar surface area (TPSA) is 42.0 Å². The molecule has 0 aliphatic carbocycles. The predicted octanol–water partition coefficient (Wildman–Crippen LogP) is 3.64. The molecule has 2 aromatic rings. The zero-order valence-electron chi connectivity index (χ0n) is 9.32. The Morgan fingerprint density at radius 1 is 1.39 bits per heavy atom. The van der Waals surface area contributed by atoms with Crippen LogP contribution in [0.1, 0.15) is 16.1 Å². The molecule has 0 saturated heterocycles. The van der Waals surface area contributed by atoms with Gasteiger partial charge in [0, 0.05) is 27.3 Å². The standard InChI is InChI=1S/C12H10Br2N2OS/c13-8-1-2-11(14)10(5-8)12(17)15-4-3-9-6-18-7-16-9/h1-2,5-7H,3-4H2,(H,15,17). The zero-order valence-corrected chi connectivity index (χ0v) is 13.3. The molecule has 0 atom stereocenters. The van der Waals surface area contributed by atoms with Crippen LogP contribution in [0.5, 0.6) is 0 Å². The van der Waals surface area contributed by atoms with Crippen LogP contribution in [0.4, 0.5) is 0 Å². The third kappa shape index (κ3) is 3.63. The quantitative estimate of drug-likeness (QED) is 0.867. The van der Waals surface area contributed by atoms with Crippen molar-refractivity contribution in [2.45, 2.75) is 6.42 Å². The van der Waals surface area contributed by atoms with E-state index in [2.05, 4.69) is 42.2 Å². The molecule has 0 bridgehead atoms. The molecule has 1 amide bonds. The van der Waals surface area contributed by atoms with Crippen LogP contribution >= 0.6 is 43.2 Å². The van der Waals surface area contributed by atoms with Gasteiger partial charge in [-0.15, -0.1) is 11.3 Å². The van der Waals surface area contributed by atoms with E-state index in [1.807, 2.05) is 17.5 Å². The average molecular weight is 390 g/mol. The van der Waals surface area contributed by atoms with Crippen molar-refractivity contribution in [2.75, 3.05) is 6.54 Å².